The van der Waals surface area contributed by atoms with Crippen LogP contribution in [0.1, 0.15) is 52.4 Å². The van der Waals surface area contributed by atoms with E-state index >= 15 is 0 Å². The van der Waals surface area contributed by atoms with Crippen LogP contribution in [-0.2, 0) is 0 Å². The minimum absolute atomic E-state index is 0.297. The summed E-state index contributed by atoms with van der Waals surface area (Å²) in [5, 5.41) is 0. The second-order valence-electron chi connectivity index (χ2n) is 4.32. The smallest absolute Gasteiger partial charge is 0.137 e. The van der Waals surface area contributed by atoms with Gasteiger partial charge in [0.1, 0.15) is 5.75 Å². The van der Waals surface area contributed by atoms with Crippen molar-refractivity contribution in [3.63, 3.8) is 0 Å². The molecule has 0 radical (unpaired) electrons. The van der Waals surface area contributed by atoms with Crippen molar-refractivity contribution >= 4 is 0 Å². The summed E-state index contributed by atoms with van der Waals surface area (Å²) in [6, 6.07) is 3.86. The molecule has 0 amide bonds. The van der Waals surface area contributed by atoms with Crippen LogP contribution in [0, 0.1) is 0 Å². The van der Waals surface area contributed by atoms with Crippen LogP contribution in [0.25, 0.3) is 0 Å². The van der Waals surface area contributed by atoms with Gasteiger partial charge in [0, 0.05) is 6.20 Å². The van der Waals surface area contributed by atoms with Gasteiger partial charge >= 0.3 is 0 Å². The second-order valence-corrected chi connectivity index (χ2v) is 4.32. The third-order valence-corrected chi connectivity index (χ3v) is 2.69. The van der Waals surface area contributed by atoms with Crippen LogP contribution < -0.4 is 4.74 Å². The Morgan fingerprint density at radius 2 is 2.06 bits per heavy atom. The molecule has 0 saturated carbocycles. The minimum atomic E-state index is 0.297. The van der Waals surface area contributed by atoms with Crippen molar-refractivity contribution in [3.05, 3.63) is 24.5 Å². The molecule has 0 fully saturated rings. The van der Waals surface area contributed by atoms with E-state index in [2.05, 4.69) is 18.8 Å². The van der Waals surface area contributed by atoms with Crippen molar-refractivity contribution in [2.24, 2.45) is 0 Å². The van der Waals surface area contributed by atoms with Gasteiger partial charge in [-0.05, 0) is 31.9 Å². The van der Waals surface area contributed by atoms with Crippen LogP contribution in [0.15, 0.2) is 24.5 Å². The molecule has 0 bridgehead atoms. The predicted molar refractivity (Wildman–Crippen MR) is 67.7 cm³/mol. The largest absolute Gasteiger partial charge is 0.489 e. The molecule has 0 aliphatic carbocycles. The quantitative estimate of drug-likeness (QED) is 0.613. The lowest BCUT2D eigenvalue weighted by atomic mass is 10.1. The van der Waals surface area contributed by atoms with Crippen molar-refractivity contribution in [1.29, 1.82) is 0 Å². The van der Waals surface area contributed by atoms with Gasteiger partial charge in [-0.25, -0.2) is 0 Å². The first-order valence-corrected chi connectivity index (χ1v) is 6.39. The van der Waals surface area contributed by atoms with E-state index in [0.717, 1.165) is 12.2 Å². The molecule has 0 aromatic carbocycles. The Labute approximate surface area is 99.0 Å². The first kappa shape index (κ1) is 13.0. The molecule has 0 N–H and O–H groups in total. The third kappa shape index (κ3) is 5.74. The van der Waals surface area contributed by atoms with E-state index in [4.69, 9.17) is 4.74 Å². The predicted octanol–water partition coefficient (Wildman–Crippen LogP) is 4.21. The average Bonchev–Trinajstić information content (AvgIpc) is 2.30. The summed E-state index contributed by atoms with van der Waals surface area (Å²) in [5.41, 5.74) is 0. The first-order chi connectivity index (χ1) is 7.83. The van der Waals surface area contributed by atoms with Crippen LogP contribution in [0.4, 0.5) is 0 Å². The van der Waals surface area contributed by atoms with E-state index in [-0.39, 0.29) is 0 Å². The average molecular weight is 221 g/mol. The van der Waals surface area contributed by atoms with Gasteiger partial charge in [-0.3, -0.25) is 4.98 Å². The molecule has 1 aromatic rings. The van der Waals surface area contributed by atoms with Gasteiger partial charge < -0.3 is 4.74 Å². The van der Waals surface area contributed by atoms with E-state index in [1.54, 1.807) is 12.4 Å². The van der Waals surface area contributed by atoms with Crippen molar-refractivity contribution in [2.75, 3.05) is 0 Å². The fourth-order valence-electron chi connectivity index (χ4n) is 1.74. The Balaban J connectivity index is 2.09. The van der Waals surface area contributed by atoms with Gasteiger partial charge in [0.2, 0.25) is 0 Å². The third-order valence-electron chi connectivity index (χ3n) is 2.69. The summed E-state index contributed by atoms with van der Waals surface area (Å²) < 4.78 is 5.76. The molecule has 16 heavy (non-hydrogen) atoms. The Morgan fingerprint density at radius 3 is 2.75 bits per heavy atom. The number of ether oxygens (including phenoxy) is 1. The van der Waals surface area contributed by atoms with Gasteiger partial charge in [0.25, 0.3) is 0 Å². The van der Waals surface area contributed by atoms with Gasteiger partial charge in [0.15, 0.2) is 0 Å². The van der Waals surface area contributed by atoms with E-state index in [9.17, 15) is 0 Å². The minimum Gasteiger partial charge on any atom is -0.489 e. The summed E-state index contributed by atoms with van der Waals surface area (Å²) in [6.45, 7) is 4.38. The Morgan fingerprint density at radius 1 is 1.25 bits per heavy atom. The Kier molecular flexibility index (Phi) is 6.62. The number of hydrogen-bond donors (Lipinski definition) is 0. The van der Waals surface area contributed by atoms with Gasteiger partial charge in [-0.1, -0.05) is 32.6 Å². The fourth-order valence-corrected chi connectivity index (χ4v) is 1.74. The number of nitrogens with zero attached hydrogens (tertiary/aromatic N) is 1. The molecule has 2 nitrogen and oxygen atoms in total. The first-order valence-electron chi connectivity index (χ1n) is 6.39. The van der Waals surface area contributed by atoms with Crippen molar-refractivity contribution in [2.45, 2.75) is 58.5 Å². The standard InChI is InChI=1S/C14H23NO/c1-3-4-5-6-7-9-13(2)16-14-10-8-11-15-12-14/h8,10-13H,3-7,9H2,1-2H3. The SMILES string of the molecule is CCCCCCCC(C)Oc1cccnc1. The van der Waals surface area contributed by atoms with E-state index in [0.29, 0.717) is 6.10 Å². The maximum atomic E-state index is 5.76. The van der Waals surface area contributed by atoms with Crippen LogP contribution >= 0.6 is 0 Å². The number of pyridine rings is 1. The second kappa shape index (κ2) is 8.14. The lowest BCUT2D eigenvalue weighted by Gasteiger charge is -2.13. The van der Waals surface area contributed by atoms with E-state index in [1.165, 1.54) is 32.1 Å². The summed E-state index contributed by atoms with van der Waals surface area (Å²) in [7, 11) is 0. The molecule has 0 spiro atoms. The van der Waals surface area contributed by atoms with Crippen molar-refractivity contribution < 1.29 is 4.74 Å². The van der Waals surface area contributed by atoms with Crippen LogP contribution in [-0.4, -0.2) is 11.1 Å². The molecule has 90 valence electrons. The highest BCUT2D eigenvalue weighted by Gasteiger charge is 2.03. The fraction of sp³-hybridized carbons (Fsp3) is 0.643. The molecule has 1 unspecified atom stereocenters. The summed E-state index contributed by atoms with van der Waals surface area (Å²) >= 11 is 0. The maximum Gasteiger partial charge on any atom is 0.137 e. The molecule has 1 rings (SSSR count). The molecule has 0 aliphatic heterocycles. The zero-order chi connectivity index (χ0) is 11.6. The normalized spacial score (nSPS) is 12.4. The zero-order valence-electron chi connectivity index (χ0n) is 10.5. The number of aromatic nitrogens is 1. The number of unbranched alkanes of at least 4 members (excludes halogenated alkanes) is 4. The molecular formula is C14H23NO. The maximum absolute atomic E-state index is 5.76. The number of rotatable bonds is 8. The number of hydrogen-bond acceptors (Lipinski definition) is 2. The summed E-state index contributed by atoms with van der Waals surface area (Å²) in [6.07, 6.45) is 11.6. The highest BCUT2D eigenvalue weighted by molar-refractivity contribution is 5.15. The monoisotopic (exact) mass is 221 g/mol. The Hall–Kier alpha value is -1.05. The lowest BCUT2D eigenvalue weighted by Crippen LogP contribution is -2.11. The van der Waals surface area contributed by atoms with Crippen molar-refractivity contribution in [1.82, 2.24) is 4.98 Å². The highest BCUT2D eigenvalue weighted by Crippen LogP contribution is 2.13. The molecular weight excluding hydrogens is 198 g/mol. The lowest BCUT2D eigenvalue weighted by molar-refractivity contribution is 0.205. The van der Waals surface area contributed by atoms with Crippen LogP contribution in [0.2, 0.25) is 0 Å². The van der Waals surface area contributed by atoms with Gasteiger partial charge in [0.05, 0.1) is 12.3 Å². The van der Waals surface area contributed by atoms with Gasteiger partial charge in [-0.2, -0.15) is 0 Å². The van der Waals surface area contributed by atoms with Crippen LogP contribution in [0.3, 0.4) is 0 Å². The summed E-state index contributed by atoms with van der Waals surface area (Å²) in [5.74, 6) is 0.878. The van der Waals surface area contributed by atoms with Crippen LogP contribution in [0.5, 0.6) is 5.75 Å². The van der Waals surface area contributed by atoms with Gasteiger partial charge in [-0.15, -0.1) is 0 Å². The zero-order valence-corrected chi connectivity index (χ0v) is 10.5. The molecule has 1 aromatic heterocycles. The molecule has 1 atom stereocenters. The summed E-state index contributed by atoms with van der Waals surface area (Å²) in [4.78, 5) is 4.03. The molecule has 0 saturated heterocycles. The molecule has 2 heteroatoms. The topological polar surface area (TPSA) is 22.1 Å². The van der Waals surface area contributed by atoms with Crippen molar-refractivity contribution in [3.8, 4) is 5.75 Å². The highest BCUT2D eigenvalue weighted by atomic mass is 16.5. The van der Waals surface area contributed by atoms with E-state index < -0.39 is 0 Å². The Bertz CT molecular complexity index is 261. The molecule has 1 heterocycles. The molecule has 0 aliphatic rings. The van der Waals surface area contributed by atoms with E-state index in [1.807, 2.05) is 12.1 Å².